The van der Waals surface area contributed by atoms with Crippen LogP contribution in [0.3, 0.4) is 0 Å². The molecule has 2 aliphatic carbocycles. The number of halogens is 1. The van der Waals surface area contributed by atoms with Crippen LogP contribution < -0.4 is 23.8 Å². The quantitative estimate of drug-likeness (QED) is 0.0516. The van der Waals surface area contributed by atoms with Crippen LogP contribution in [0.15, 0.2) is 109 Å². The van der Waals surface area contributed by atoms with Crippen molar-refractivity contribution in [2.24, 2.45) is 11.8 Å². The molecule has 0 aromatic heterocycles. The molecule has 0 amide bonds. The van der Waals surface area contributed by atoms with Gasteiger partial charge in [-0.15, -0.1) is 0 Å². The van der Waals surface area contributed by atoms with Crippen molar-refractivity contribution in [3.63, 3.8) is 0 Å². The fourth-order valence-corrected chi connectivity index (χ4v) is 12.0. The molecule has 0 bridgehead atoms. The second kappa shape index (κ2) is 23.3. The predicted molar refractivity (Wildman–Crippen MR) is 282 cm³/mol. The van der Waals surface area contributed by atoms with Crippen molar-refractivity contribution in [1.29, 1.82) is 0 Å². The zero-order chi connectivity index (χ0) is 51.0. The number of anilines is 1. The van der Waals surface area contributed by atoms with Gasteiger partial charge in [0.2, 0.25) is 10.0 Å². The van der Waals surface area contributed by atoms with Gasteiger partial charge in [-0.25, -0.2) is 13.2 Å². The van der Waals surface area contributed by atoms with Crippen molar-refractivity contribution < 1.29 is 46.4 Å². The number of carbonyl (C=O) groups excluding carboxylic acids is 1. The maximum Gasteiger partial charge on any atom is 0.338 e. The lowest BCUT2D eigenvalue weighted by Gasteiger charge is -2.46. The molecule has 3 aliphatic rings. The largest absolute Gasteiger partial charge is 0.497 e. The van der Waals surface area contributed by atoms with Crippen molar-refractivity contribution in [2.75, 3.05) is 59.1 Å². The Bertz CT molecular complexity index is 2660. The molecule has 0 N–H and O–H groups in total. The van der Waals surface area contributed by atoms with Crippen molar-refractivity contribution in [2.45, 2.75) is 108 Å². The van der Waals surface area contributed by atoms with Crippen molar-refractivity contribution >= 4 is 33.3 Å². The number of ether oxygens (including phenoxy) is 7. The van der Waals surface area contributed by atoms with Crippen LogP contribution in [0.25, 0.3) is 0 Å². The lowest BCUT2D eigenvalue weighted by Crippen LogP contribution is -2.50. The molecule has 5 atom stereocenters. The fraction of sp³-hybridized carbons (Fsp3) is 0.466. The van der Waals surface area contributed by atoms with Gasteiger partial charge < -0.3 is 38.1 Å². The number of nitrogens with zero attached hydrogens (tertiary/aromatic N) is 2. The molecule has 1 saturated carbocycles. The van der Waals surface area contributed by atoms with E-state index in [-0.39, 0.29) is 49.0 Å². The van der Waals surface area contributed by atoms with Gasteiger partial charge in [0.15, 0.2) is 0 Å². The Labute approximate surface area is 431 Å². The number of benzene rings is 5. The van der Waals surface area contributed by atoms with E-state index in [1.54, 1.807) is 34.3 Å². The number of carbonyl (C=O) groups is 1. The van der Waals surface area contributed by atoms with E-state index in [1.807, 2.05) is 112 Å². The number of aryl methyl sites for hydroxylation is 1. The summed E-state index contributed by atoms with van der Waals surface area (Å²) < 4.78 is 72.4. The van der Waals surface area contributed by atoms with Gasteiger partial charge in [0, 0.05) is 43.2 Å². The third-order valence-electron chi connectivity index (χ3n) is 14.5. The second-order valence-corrected chi connectivity index (χ2v) is 23.5. The molecule has 0 unspecified atom stereocenters. The predicted octanol–water partition coefficient (Wildman–Crippen LogP) is 11.2. The van der Waals surface area contributed by atoms with Gasteiger partial charge in [0.05, 0.1) is 63.8 Å². The average Bonchev–Trinajstić information content (AvgIpc) is 3.51. The summed E-state index contributed by atoms with van der Waals surface area (Å²) in [6.45, 7) is 10.4. The SMILES string of the molecule is COc1ccc(CO[C@@H](CCOC[C@@H](C)S(=O)(=O)N(Cc2ccc(OC)cc2)Cc2ccc(OC)cc2)[C@@H]2CC[C@H]2CN2C[C@@]3(CCCc4cc(Cl)ccc43)COc3ccc(C(=O)OC(C)(C)C)cc32)cc1. The normalized spacial score (nSPS) is 19.5. The first-order chi connectivity index (χ1) is 34.6. The lowest BCUT2D eigenvalue weighted by molar-refractivity contribution is -0.0654. The summed E-state index contributed by atoms with van der Waals surface area (Å²) >= 11 is 6.57. The zero-order valence-electron chi connectivity index (χ0n) is 42.9. The van der Waals surface area contributed by atoms with E-state index < -0.39 is 20.9 Å². The molecular weight excluding hydrogens is 952 g/mol. The standard InChI is InChI=1S/C58H71ClN2O10S/c1-40(72(63,64)61(33-41-10-19-48(65-5)20-11-41)34-42-12-21-49(66-6)22-13-42)36-68-30-28-54(69-37-43-14-23-50(67-7)24-15-43)51-25-16-46(51)35-60-38-58(29-8-9-44-31-47(59)18-26-52(44)58)39-70-55-27-17-45(32-53(55)60)56(62)71-57(2,3)4/h10-15,17-24,26-27,31-32,40,46,51,54H,8-9,16,25,28-30,33-39H2,1-7H3/t40-,46+,51-,54+,58+/m1/s1. The monoisotopic (exact) mass is 1020 g/mol. The summed E-state index contributed by atoms with van der Waals surface area (Å²) in [6.07, 6.45) is 5.30. The molecule has 12 nitrogen and oxygen atoms in total. The smallest absolute Gasteiger partial charge is 0.338 e. The van der Waals surface area contributed by atoms with Crippen LogP contribution in [0, 0.1) is 11.8 Å². The van der Waals surface area contributed by atoms with E-state index >= 15 is 0 Å². The van der Waals surface area contributed by atoms with Gasteiger partial charge in [-0.1, -0.05) is 54.1 Å². The Balaban J connectivity index is 1.01. The van der Waals surface area contributed by atoms with Gasteiger partial charge in [-0.05, 0) is 173 Å². The molecule has 1 spiro atoms. The first-order valence-corrected chi connectivity index (χ1v) is 27.1. The van der Waals surface area contributed by atoms with Crippen LogP contribution in [0.4, 0.5) is 5.69 Å². The molecule has 5 aromatic rings. The highest BCUT2D eigenvalue weighted by atomic mass is 35.5. The van der Waals surface area contributed by atoms with Crippen LogP contribution in [0.2, 0.25) is 5.02 Å². The van der Waals surface area contributed by atoms with E-state index in [1.165, 1.54) is 15.4 Å². The fourth-order valence-electron chi connectivity index (χ4n) is 10.4. The van der Waals surface area contributed by atoms with Crippen LogP contribution in [0.5, 0.6) is 23.0 Å². The van der Waals surface area contributed by atoms with Crippen molar-refractivity contribution in [1.82, 2.24) is 4.31 Å². The molecule has 8 rings (SSSR count). The molecule has 1 heterocycles. The van der Waals surface area contributed by atoms with Gasteiger partial charge in [0.25, 0.3) is 0 Å². The summed E-state index contributed by atoms with van der Waals surface area (Å²) in [4.78, 5) is 16.0. The number of sulfonamides is 1. The molecule has 386 valence electrons. The number of fused-ring (bicyclic) bond motifs is 3. The van der Waals surface area contributed by atoms with Gasteiger partial charge in [-0.3, -0.25) is 0 Å². The summed E-state index contributed by atoms with van der Waals surface area (Å²) in [6, 6.07) is 34.8. The molecule has 0 saturated heterocycles. The second-order valence-electron chi connectivity index (χ2n) is 20.7. The highest BCUT2D eigenvalue weighted by Gasteiger charge is 2.45. The van der Waals surface area contributed by atoms with Crippen LogP contribution in [-0.2, 0) is 55.8 Å². The Morgan fingerprint density at radius 2 is 1.46 bits per heavy atom. The Morgan fingerprint density at radius 1 is 0.833 bits per heavy atom. The van der Waals surface area contributed by atoms with E-state index in [9.17, 15) is 13.2 Å². The van der Waals surface area contributed by atoms with Crippen LogP contribution >= 0.6 is 11.6 Å². The number of rotatable bonds is 21. The number of esters is 1. The molecule has 0 radical (unpaired) electrons. The topological polar surface area (TPSA) is 122 Å². The Morgan fingerprint density at radius 3 is 2.04 bits per heavy atom. The molecule has 72 heavy (non-hydrogen) atoms. The van der Waals surface area contributed by atoms with Gasteiger partial charge in [-0.2, -0.15) is 4.31 Å². The summed E-state index contributed by atoms with van der Waals surface area (Å²) in [5.41, 5.74) is 5.66. The van der Waals surface area contributed by atoms with E-state index in [0.717, 1.165) is 77.5 Å². The average molecular weight is 1020 g/mol. The Hall–Kier alpha value is -5.31. The molecular formula is C58H71ClN2O10S. The third kappa shape index (κ3) is 12.9. The van der Waals surface area contributed by atoms with Crippen molar-refractivity contribution in [3.05, 3.63) is 148 Å². The summed E-state index contributed by atoms with van der Waals surface area (Å²) in [5.74, 6) is 2.98. The minimum absolute atomic E-state index is 0.0165. The number of hydrogen-bond donors (Lipinski definition) is 0. The first-order valence-electron chi connectivity index (χ1n) is 25.2. The lowest BCUT2D eigenvalue weighted by atomic mass is 9.68. The first kappa shape index (κ1) is 53.0. The van der Waals surface area contributed by atoms with Crippen LogP contribution in [0.1, 0.15) is 98.0 Å². The third-order valence-corrected chi connectivity index (χ3v) is 16.9. The minimum atomic E-state index is -3.84. The minimum Gasteiger partial charge on any atom is -0.497 e. The van der Waals surface area contributed by atoms with Gasteiger partial charge in [0.1, 0.15) is 28.6 Å². The van der Waals surface area contributed by atoms with Crippen molar-refractivity contribution in [3.8, 4) is 23.0 Å². The summed E-state index contributed by atoms with van der Waals surface area (Å²) in [5, 5.41) is -0.0924. The number of hydrogen-bond acceptors (Lipinski definition) is 11. The van der Waals surface area contributed by atoms with E-state index in [0.29, 0.717) is 49.8 Å². The summed E-state index contributed by atoms with van der Waals surface area (Å²) in [7, 11) is 1.03. The molecule has 1 aliphatic heterocycles. The molecule has 14 heteroatoms. The maximum atomic E-state index is 14.5. The zero-order valence-corrected chi connectivity index (χ0v) is 44.4. The van der Waals surface area contributed by atoms with Crippen LogP contribution in [-0.4, -0.2) is 89.9 Å². The Kier molecular flexibility index (Phi) is 17.1. The highest BCUT2D eigenvalue weighted by molar-refractivity contribution is 7.89. The molecule has 5 aromatic carbocycles. The number of methoxy groups -OCH3 is 3. The molecule has 1 fully saturated rings. The highest BCUT2D eigenvalue weighted by Crippen LogP contribution is 2.47. The van der Waals surface area contributed by atoms with E-state index in [4.69, 9.17) is 44.8 Å². The van der Waals surface area contributed by atoms with Gasteiger partial charge >= 0.3 is 5.97 Å². The maximum absolute atomic E-state index is 14.5. The van der Waals surface area contributed by atoms with E-state index in [2.05, 4.69) is 17.0 Å².